The predicted octanol–water partition coefficient (Wildman–Crippen LogP) is 2.00. The van der Waals surface area contributed by atoms with Gasteiger partial charge in [0.05, 0.1) is 29.9 Å². The molecular formula is C43H58N8O10S2. The molecule has 0 saturated carbocycles. The Balaban J connectivity index is 0.830. The van der Waals surface area contributed by atoms with Gasteiger partial charge in [0.1, 0.15) is 17.6 Å². The standard InChI is InChI=1S/C43H58N8O10S2/c1-63(59,60)50-23-20-29(25-50)38(54)46-32(39(55)49-43-47-33(27-62-43)28-13-7-6-8-14-28)26-61-24-12-17-35(52)45-22-10-5-3-2-4-9-21-44-31-16-11-15-30-37(31)42(58)51(41(30)57)34-18-19-36(53)48-40(34)56/h6-8,11,13-16,29,32-34,43-44,47H,2-5,9-10,12,17-27H2,1H3,(H,45,52)(H,46,54)(H,49,55)(H,48,53,56)/t29?,32-,33?,34?,43?/m0/s1. The summed E-state index contributed by atoms with van der Waals surface area (Å²) in [6.07, 6.45) is 7.83. The Bertz CT molecular complexity index is 2110. The zero-order valence-electron chi connectivity index (χ0n) is 35.5. The molecule has 4 aliphatic heterocycles. The first-order chi connectivity index (χ1) is 30.3. The summed E-state index contributed by atoms with van der Waals surface area (Å²) < 4.78 is 31.1. The SMILES string of the molecule is CS(=O)(=O)N1CCC(C(=O)N[C@@H](COCCCC(=O)NCCCCCCCCNc2cccc3c2C(=O)N(C2CCC(=O)NC2=O)C3=O)C(=O)NC2NC(c3ccccc3)CS2)C1. The van der Waals surface area contributed by atoms with E-state index in [1.807, 2.05) is 30.3 Å². The predicted molar refractivity (Wildman–Crippen MR) is 236 cm³/mol. The zero-order chi connectivity index (χ0) is 44.9. The summed E-state index contributed by atoms with van der Waals surface area (Å²) in [6, 6.07) is 12.9. The zero-order valence-corrected chi connectivity index (χ0v) is 37.2. The van der Waals surface area contributed by atoms with Crippen molar-refractivity contribution in [2.75, 3.05) is 56.7 Å². The number of piperidine rings is 1. The van der Waals surface area contributed by atoms with Crippen molar-refractivity contribution in [3.8, 4) is 0 Å². The quantitative estimate of drug-likeness (QED) is 0.0692. The normalized spacial score (nSPS) is 21.8. The second-order valence-electron chi connectivity index (χ2n) is 16.3. The van der Waals surface area contributed by atoms with Crippen molar-refractivity contribution in [1.82, 2.24) is 35.8 Å². The van der Waals surface area contributed by atoms with E-state index < -0.39 is 63.5 Å². The number of benzene rings is 2. The van der Waals surface area contributed by atoms with E-state index in [0.717, 1.165) is 61.0 Å². The molecule has 3 fully saturated rings. The Labute approximate surface area is 372 Å². The molecule has 4 unspecified atom stereocenters. The van der Waals surface area contributed by atoms with E-state index in [9.17, 15) is 42.0 Å². The molecule has 4 aliphatic rings. The minimum absolute atomic E-state index is 0.0515. The number of thioether (sulfide) groups is 1. The number of anilines is 1. The first kappa shape index (κ1) is 47.6. The number of carbonyl (C=O) groups excluding carboxylic acids is 7. The van der Waals surface area contributed by atoms with Gasteiger partial charge in [-0.15, -0.1) is 11.8 Å². The number of fused-ring (bicyclic) bond motifs is 1. The van der Waals surface area contributed by atoms with E-state index in [1.54, 1.807) is 30.0 Å². The molecule has 4 heterocycles. The Kier molecular flexibility index (Phi) is 17.1. The van der Waals surface area contributed by atoms with Crippen molar-refractivity contribution in [2.24, 2.45) is 5.92 Å². The van der Waals surface area contributed by atoms with E-state index in [4.69, 9.17) is 4.74 Å². The van der Waals surface area contributed by atoms with Crippen LogP contribution in [0.5, 0.6) is 0 Å². The average molecular weight is 911 g/mol. The van der Waals surface area contributed by atoms with Crippen LogP contribution < -0.4 is 31.9 Å². The van der Waals surface area contributed by atoms with E-state index in [1.165, 1.54) is 4.31 Å². The van der Waals surface area contributed by atoms with Crippen LogP contribution in [0.3, 0.4) is 0 Å². The van der Waals surface area contributed by atoms with Crippen LogP contribution in [0.1, 0.15) is 103 Å². The molecule has 6 N–H and O–H groups in total. The molecular weight excluding hydrogens is 853 g/mol. The van der Waals surface area contributed by atoms with Gasteiger partial charge in [0, 0.05) is 63.1 Å². The number of nitrogens with one attached hydrogen (secondary N) is 6. The third-order valence-corrected chi connectivity index (χ3v) is 14.0. The van der Waals surface area contributed by atoms with Gasteiger partial charge in [-0.2, -0.15) is 0 Å². The van der Waals surface area contributed by atoms with Gasteiger partial charge in [-0.25, -0.2) is 12.7 Å². The molecule has 20 heteroatoms. The van der Waals surface area contributed by atoms with Crippen molar-refractivity contribution < 1.29 is 46.7 Å². The number of nitrogens with zero attached hydrogens (tertiary/aromatic N) is 2. The van der Waals surface area contributed by atoms with Crippen LogP contribution in [0.15, 0.2) is 48.5 Å². The van der Waals surface area contributed by atoms with Crippen molar-refractivity contribution >= 4 is 68.8 Å². The van der Waals surface area contributed by atoms with Crippen LogP contribution >= 0.6 is 11.8 Å². The topological polar surface area (TPSA) is 242 Å². The molecule has 0 aromatic heterocycles. The molecule has 18 nitrogen and oxygen atoms in total. The van der Waals surface area contributed by atoms with E-state index in [0.29, 0.717) is 31.6 Å². The second-order valence-corrected chi connectivity index (χ2v) is 19.4. The maximum atomic E-state index is 13.4. The summed E-state index contributed by atoms with van der Waals surface area (Å²) in [5, 5.41) is 17.6. The number of hydrogen-bond donors (Lipinski definition) is 6. The highest BCUT2D eigenvalue weighted by Crippen LogP contribution is 2.33. The minimum Gasteiger partial charge on any atom is -0.384 e. The highest BCUT2D eigenvalue weighted by atomic mass is 32.2. The van der Waals surface area contributed by atoms with Crippen LogP contribution in [-0.4, -0.2) is 128 Å². The minimum atomic E-state index is -3.44. The van der Waals surface area contributed by atoms with Gasteiger partial charge in [0.15, 0.2) is 0 Å². The first-order valence-corrected chi connectivity index (χ1v) is 24.6. The van der Waals surface area contributed by atoms with Gasteiger partial charge in [-0.3, -0.25) is 49.1 Å². The number of amides is 7. The van der Waals surface area contributed by atoms with Gasteiger partial charge in [-0.1, -0.05) is 62.1 Å². The van der Waals surface area contributed by atoms with Crippen LogP contribution in [0.4, 0.5) is 5.69 Å². The lowest BCUT2D eigenvalue weighted by atomic mass is 10.0. The van der Waals surface area contributed by atoms with Gasteiger partial charge in [-0.05, 0) is 49.8 Å². The number of carbonyl (C=O) groups is 7. The molecule has 63 heavy (non-hydrogen) atoms. The first-order valence-electron chi connectivity index (χ1n) is 21.7. The average Bonchev–Trinajstić information content (AvgIpc) is 4.01. The number of unbranched alkanes of at least 4 members (excludes halogenated alkanes) is 5. The van der Waals surface area contributed by atoms with Crippen molar-refractivity contribution in [3.63, 3.8) is 0 Å². The Hall–Kier alpha value is -4.89. The summed E-state index contributed by atoms with van der Waals surface area (Å²) in [6.45, 7) is 1.52. The third kappa shape index (κ3) is 13.1. The lowest BCUT2D eigenvalue weighted by Gasteiger charge is -2.27. The van der Waals surface area contributed by atoms with Crippen molar-refractivity contribution in [2.45, 2.75) is 94.3 Å². The monoisotopic (exact) mass is 910 g/mol. The molecule has 3 saturated heterocycles. The number of ether oxygens (including phenoxy) is 1. The fraction of sp³-hybridized carbons (Fsp3) is 0.558. The molecule has 2 aromatic rings. The van der Waals surface area contributed by atoms with E-state index >= 15 is 0 Å². The lowest BCUT2D eigenvalue weighted by molar-refractivity contribution is -0.136. The largest absolute Gasteiger partial charge is 0.384 e. The molecule has 5 atom stereocenters. The van der Waals surface area contributed by atoms with E-state index in [2.05, 4.69) is 31.9 Å². The van der Waals surface area contributed by atoms with Crippen LogP contribution in [0, 0.1) is 5.92 Å². The molecule has 7 amide bonds. The summed E-state index contributed by atoms with van der Waals surface area (Å²) in [5.41, 5.74) is 1.75. The Morgan fingerprint density at radius 1 is 0.905 bits per heavy atom. The number of rotatable bonds is 23. The van der Waals surface area contributed by atoms with Crippen LogP contribution in [0.2, 0.25) is 0 Å². The van der Waals surface area contributed by atoms with E-state index in [-0.39, 0.29) is 74.1 Å². The molecule has 342 valence electrons. The number of imide groups is 2. The summed E-state index contributed by atoms with van der Waals surface area (Å²) >= 11 is 1.54. The fourth-order valence-corrected chi connectivity index (χ4v) is 10.1. The van der Waals surface area contributed by atoms with Crippen LogP contribution in [-0.2, 0) is 38.7 Å². The van der Waals surface area contributed by atoms with Crippen molar-refractivity contribution in [3.05, 3.63) is 65.2 Å². The highest BCUT2D eigenvalue weighted by Gasteiger charge is 2.45. The third-order valence-electron chi connectivity index (χ3n) is 11.6. The maximum absolute atomic E-state index is 13.4. The molecule has 6 rings (SSSR count). The molecule has 0 spiro atoms. The summed E-state index contributed by atoms with van der Waals surface area (Å²) in [4.78, 5) is 90.4. The molecule has 0 bridgehead atoms. The lowest BCUT2D eigenvalue weighted by Crippen LogP contribution is -2.54. The molecule has 0 aliphatic carbocycles. The molecule has 2 aromatic carbocycles. The van der Waals surface area contributed by atoms with Gasteiger partial charge < -0.3 is 26.0 Å². The fourth-order valence-electron chi connectivity index (χ4n) is 8.07. The summed E-state index contributed by atoms with van der Waals surface area (Å²) in [5.74, 6) is -2.92. The highest BCUT2D eigenvalue weighted by molar-refractivity contribution is 8.00. The smallest absolute Gasteiger partial charge is 0.264 e. The van der Waals surface area contributed by atoms with Crippen LogP contribution in [0.25, 0.3) is 0 Å². The van der Waals surface area contributed by atoms with Gasteiger partial charge in [0.25, 0.3) is 11.8 Å². The summed E-state index contributed by atoms with van der Waals surface area (Å²) in [7, 11) is -3.44. The Morgan fingerprint density at radius 3 is 2.38 bits per heavy atom. The molecule has 0 radical (unpaired) electrons. The Morgan fingerprint density at radius 2 is 1.65 bits per heavy atom. The number of sulfonamides is 1. The van der Waals surface area contributed by atoms with Gasteiger partial charge in [0.2, 0.25) is 39.6 Å². The van der Waals surface area contributed by atoms with Gasteiger partial charge >= 0.3 is 0 Å². The number of hydrogen-bond acceptors (Lipinski definition) is 13. The van der Waals surface area contributed by atoms with Crippen molar-refractivity contribution in [1.29, 1.82) is 0 Å². The second kappa shape index (κ2) is 22.6. The maximum Gasteiger partial charge on any atom is 0.264 e.